The predicted octanol–water partition coefficient (Wildman–Crippen LogP) is 3.25. The first kappa shape index (κ1) is 12.7. The smallest absolute Gasteiger partial charge is 0.160 e. The number of phenols is 1. The summed E-state index contributed by atoms with van der Waals surface area (Å²) in [4.78, 5) is 0. The standard InChI is InChI=1S/C13H21NO2/c1-4-10(5-2)9-14-11-6-7-13(16-3)12(15)8-11/h6-8,10,14-15H,4-5,9H2,1-3H3. The van der Waals surface area contributed by atoms with Crippen LogP contribution in [0.1, 0.15) is 26.7 Å². The van der Waals surface area contributed by atoms with Gasteiger partial charge in [-0.25, -0.2) is 0 Å². The van der Waals surface area contributed by atoms with Crippen LogP contribution in [0.5, 0.6) is 11.5 Å². The molecule has 1 aromatic carbocycles. The average Bonchev–Trinajstić information content (AvgIpc) is 2.30. The summed E-state index contributed by atoms with van der Waals surface area (Å²) in [5, 5.41) is 12.9. The molecular formula is C13H21NO2. The van der Waals surface area contributed by atoms with Crippen LogP contribution < -0.4 is 10.1 Å². The van der Waals surface area contributed by atoms with E-state index in [0.29, 0.717) is 11.7 Å². The zero-order valence-electron chi connectivity index (χ0n) is 10.3. The van der Waals surface area contributed by atoms with Crippen molar-refractivity contribution in [3.8, 4) is 11.5 Å². The maximum absolute atomic E-state index is 9.61. The van der Waals surface area contributed by atoms with Crippen LogP contribution in [0.25, 0.3) is 0 Å². The highest BCUT2D eigenvalue weighted by Crippen LogP contribution is 2.28. The molecule has 2 N–H and O–H groups in total. The Morgan fingerprint density at radius 1 is 1.31 bits per heavy atom. The highest BCUT2D eigenvalue weighted by Gasteiger charge is 2.05. The Kier molecular flexibility index (Phi) is 4.96. The number of benzene rings is 1. The lowest BCUT2D eigenvalue weighted by Gasteiger charge is -2.14. The van der Waals surface area contributed by atoms with E-state index in [1.807, 2.05) is 6.07 Å². The molecule has 0 aliphatic carbocycles. The second kappa shape index (κ2) is 6.26. The molecule has 90 valence electrons. The molecule has 0 aliphatic rings. The van der Waals surface area contributed by atoms with Crippen molar-refractivity contribution in [2.45, 2.75) is 26.7 Å². The molecule has 16 heavy (non-hydrogen) atoms. The Labute approximate surface area is 97.4 Å². The van der Waals surface area contributed by atoms with E-state index >= 15 is 0 Å². The van der Waals surface area contributed by atoms with Crippen LogP contribution in [0.15, 0.2) is 18.2 Å². The van der Waals surface area contributed by atoms with Gasteiger partial charge >= 0.3 is 0 Å². The molecule has 0 radical (unpaired) electrons. The van der Waals surface area contributed by atoms with Crippen molar-refractivity contribution in [2.24, 2.45) is 5.92 Å². The second-order valence-corrected chi connectivity index (χ2v) is 3.95. The maximum Gasteiger partial charge on any atom is 0.160 e. The molecule has 1 rings (SSSR count). The quantitative estimate of drug-likeness (QED) is 0.777. The Morgan fingerprint density at radius 3 is 2.50 bits per heavy atom. The first-order valence-electron chi connectivity index (χ1n) is 5.82. The van der Waals surface area contributed by atoms with Crippen molar-refractivity contribution in [3.05, 3.63) is 18.2 Å². The molecule has 0 unspecified atom stereocenters. The summed E-state index contributed by atoms with van der Waals surface area (Å²) in [7, 11) is 1.55. The van der Waals surface area contributed by atoms with Gasteiger partial charge in [0.15, 0.2) is 11.5 Å². The lowest BCUT2D eigenvalue weighted by Crippen LogP contribution is -2.12. The molecule has 0 amide bonds. The van der Waals surface area contributed by atoms with E-state index in [4.69, 9.17) is 4.74 Å². The van der Waals surface area contributed by atoms with Crippen molar-refractivity contribution in [3.63, 3.8) is 0 Å². The van der Waals surface area contributed by atoms with E-state index in [0.717, 1.165) is 12.2 Å². The fourth-order valence-electron chi connectivity index (χ4n) is 1.64. The zero-order valence-corrected chi connectivity index (χ0v) is 10.3. The Bertz CT molecular complexity index is 322. The van der Waals surface area contributed by atoms with Gasteiger partial charge in [-0.15, -0.1) is 0 Å². The second-order valence-electron chi connectivity index (χ2n) is 3.95. The van der Waals surface area contributed by atoms with E-state index in [1.165, 1.54) is 12.8 Å². The van der Waals surface area contributed by atoms with Gasteiger partial charge in [-0.1, -0.05) is 26.7 Å². The molecule has 1 aromatic rings. The highest BCUT2D eigenvalue weighted by molar-refractivity contribution is 5.54. The van der Waals surface area contributed by atoms with Crippen molar-refractivity contribution in [1.29, 1.82) is 0 Å². The van der Waals surface area contributed by atoms with Gasteiger partial charge in [0.2, 0.25) is 0 Å². The summed E-state index contributed by atoms with van der Waals surface area (Å²) < 4.78 is 4.99. The number of nitrogens with one attached hydrogen (secondary N) is 1. The average molecular weight is 223 g/mol. The van der Waals surface area contributed by atoms with E-state index in [1.54, 1.807) is 19.2 Å². The molecule has 3 heteroatoms. The Hall–Kier alpha value is -1.38. The van der Waals surface area contributed by atoms with Crippen molar-refractivity contribution < 1.29 is 9.84 Å². The number of rotatable bonds is 6. The number of aromatic hydroxyl groups is 1. The fourth-order valence-corrected chi connectivity index (χ4v) is 1.64. The molecule has 0 saturated heterocycles. The first-order valence-corrected chi connectivity index (χ1v) is 5.82. The number of ether oxygens (including phenoxy) is 1. The molecule has 0 spiro atoms. The van der Waals surface area contributed by atoms with Crippen LogP contribution >= 0.6 is 0 Å². The summed E-state index contributed by atoms with van der Waals surface area (Å²) in [5.41, 5.74) is 0.935. The minimum Gasteiger partial charge on any atom is -0.504 e. The van der Waals surface area contributed by atoms with E-state index in [-0.39, 0.29) is 5.75 Å². The third-order valence-corrected chi connectivity index (χ3v) is 2.93. The van der Waals surface area contributed by atoms with Crippen LogP contribution in [-0.2, 0) is 0 Å². The van der Waals surface area contributed by atoms with E-state index in [2.05, 4.69) is 19.2 Å². The molecule has 0 heterocycles. The number of hydrogen-bond acceptors (Lipinski definition) is 3. The third kappa shape index (κ3) is 3.33. The molecule has 0 bridgehead atoms. The SMILES string of the molecule is CCC(CC)CNc1ccc(OC)c(O)c1. The highest BCUT2D eigenvalue weighted by atomic mass is 16.5. The molecule has 0 atom stereocenters. The van der Waals surface area contributed by atoms with Crippen LogP contribution in [0.2, 0.25) is 0 Å². The summed E-state index contributed by atoms with van der Waals surface area (Å²) >= 11 is 0. The number of methoxy groups -OCH3 is 1. The zero-order chi connectivity index (χ0) is 12.0. The van der Waals surface area contributed by atoms with Crippen LogP contribution in [0.4, 0.5) is 5.69 Å². The maximum atomic E-state index is 9.61. The number of anilines is 1. The Morgan fingerprint density at radius 2 is 2.00 bits per heavy atom. The normalized spacial score (nSPS) is 10.5. The molecule has 0 aromatic heterocycles. The summed E-state index contributed by atoms with van der Waals surface area (Å²) in [6.07, 6.45) is 2.34. The number of phenolic OH excluding ortho intramolecular Hbond substituents is 1. The molecule has 3 nitrogen and oxygen atoms in total. The van der Waals surface area contributed by atoms with Crippen LogP contribution in [0.3, 0.4) is 0 Å². The largest absolute Gasteiger partial charge is 0.504 e. The van der Waals surface area contributed by atoms with Gasteiger partial charge in [-0.05, 0) is 18.1 Å². The van der Waals surface area contributed by atoms with Gasteiger partial charge in [0.05, 0.1) is 7.11 Å². The molecular weight excluding hydrogens is 202 g/mol. The summed E-state index contributed by atoms with van der Waals surface area (Å²) in [5.74, 6) is 1.37. The van der Waals surface area contributed by atoms with Crippen molar-refractivity contribution in [2.75, 3.05) is 19.0 Å². The van der Waals surface area contributed by atoms with Gasteiger partial charge in [0.1, 0.15) is 0 Å². The summed E-state index contributed by atoms with van der Waals surface area (Å²) in [6.45, 7) is 5.33. The van der Waals surface area contributed by atoms with Crippen LogP contribution in [0, 0.1) is 5.92 Å². The lowest BCUT2D eigenvalue weighted by atomic mass is 10.0. The molecule has 0 aliphatic heterocycles. The van der Waals surface area contributed by atoms with E-state index < -0.39 is 0 Å². The monoisotopic (exact) mass is 223 g/mol. The van der Waals surface area contributed by atoms with Gasteiger partial charge in [0, 0.05) is 18.3 Å². The van der Waals surface area contributed by atoms with E-state index in [9.17, 15) is 5.11 Å². The van der Waals surface area contributed by atoms with Gasteiger partial charge in [-0.2, -0.15) is 0 Å². The lowest BCUT2D eigenvalue weighted by molar-refractivity contribution is 0.373. The summed E-state index contributed by atoms with van der Waals surface area (Å²) in [6, 6.07) is 5.38. The van der Waals surface area contributed by atoms with Crippen LogP contribution in [-0.4, -0.2) is 18.8 Å². The Balaban J connectivity index is 2.58. The van der Waals surface area contributed by atoms with Gasteiger partial charge < -0.3 is 15.2 Å². The first-order chi connectivity index (χ1) is 7.71. The topological polar surface area (TPSA) is 41.5 Å². The fraction of sp³-hybridized carbons (Fsp3) is 0.538. The third-order valence-electron chi connectivity index (χ3n) is 2.93. The molecule has 0 fully saturated rings. The van der Waals surface area contributed by atoms with Crippen molar-refractivity contribution in [1.82, 2.24) is 0 Å². The van der Waals surface area contributed by atoms with Crippen molar-refractivity contribution >= 4 is 5.69 Å². The van der Waals surface area contributed by atoms with Gasteiger partial charge in [0.25, 0.3) is 0 Å². The minimum atomic E-state index is 0.178. The minimum absolute atomic E-state index is 0.178. The predicted molar refractivity (Wildman–Crippen MR) is 67.2 cm³/mol. The van der Waals surface area contributed by atoms with Gasteiger partial charge in [-0.3, -0.25) is 0 Å². The number of hydrogen-bond donors (Lipinski definition) is 2. The molecule has 0 saturated carbocycles.